The van der Waals surface area contributed by atoms with Gasteiger partial charge in [0, 0.05) is 17.2 Å². The van der Waals surface area contributed by atoms with Gasteiger partial charge in [-0.15, -0.1) is 0 Å². The molecule has 0 bridgehead atoms. The van der Waals surface area contributed by atoms with Crippen LogP contribution in [0.1, 0.15) is 40.0 Å². The van der Waals surface area contributed by atoms with Crippen LogP contribution in [0, 0.1) is 5.41 Å². The van der Waals surface area contributed by atoms with Crippen molar-refractivity contribution >= 4 is 22.7 Å². The van der Waals surface area contributed by atoms with E-state index in [1.54, 1.807) is 30.3 Å². The molecule has 10 heteroatoms. The summed E-state index contributed by atoms with van der Waals surface area (Å²) in [6.07, 6.45) is -4.05. The smallest absolute Gasteiger partial charge is 0.456 e. The van der Waals surface area contributed by atoms with Gasteiger partial charge >= 0.3 is 24.0 Å². The Bertz CT molecular complexity index is 985. The van der Waals surface area contributed by atoms with Gasteiger partial charge in [0.2, 0.25) is 0 Å². The van der Waals surface area contributed by atoms with Crippen LogP contribution in [0.5, 0.6) is 11.5 Å². The molecule has 2 aromatic rings. The van der Waals surface area contributed by atoms with Gasteiger partial charge in [0.05, 0.1) is 0 Å². The van der Waals surface area contributed by atoms with Crippen LogP contribution in [0.15, 0.2) is 36.4 Å². The maximum absolute atomic E-state index is 12.9. The van der Waals surface area contributed by atoms with E-state index in [0.29, 0.717) is 17.2 Å². The van der Waals surface area contributed by atoms with E-state index in [2.05, 4.69) is 18.6 Å². The minimum atomic E-state index is -5.83. The number of hydrogen-bond acceptors (Lipinski definition) is 5. The Morgan fingerprint density at radius 1 is 0.879 bits per heavy atom. The highest BCUT2D eigenvalue weighted by Crippen LogP contribution is 2.36. The molecule has 33 heavy (non-hydrogen) atoms. The first-order valence-electron chi connectivity index (χ1n) is 10.2. The molecule has 0 N–H and O–H groups in total. The Hall–Kier alpha value is -2.91. The van der Waals surface area contributed by atoms with E-state index in [4.69, 9.17) is 9.47 Å². The Morgan fingerprint density at radius 2 is 1.45 bits per heavy atom. The van der Waals surface area contributed by atoms with E-state index >= 15 is 0 Å². The third-order valence-corrected chi connectivity index (χ3v) is 5.20. The molecule has 0 spiro atoms. The molecular weight excluding hydrogens is 451 g/mol. The summed E-state index contributed by atoms with van der Waals surface area (Å²) >= 11 is 0. The molecule has 5 nitrogen and oxygen atoms in total. The molecule has 2 rings (SSSR count). The lowest BCUT2D eigenvalue weighted by atomic mass is 9.85. The molecule has 0 aliphatic heterocycles. The normalized spacial score (nSPS) is 12.5. The van der Waals surface area contributed by atoms with Crippen molar-refractivity contribution < 1.29 is 45.8 Å². The van der Waals surface area contributed by atoms with Gasteiger partial charge in [-0.2, -0.15) is 22.0 Å². The molecule has 0 atom stereocenters. The largest absolute Gasteiger partial charge is 0.481 e. The highest BCUT2D eigenvalue weighted by atomic mass is 19.4. The zero-order valence-electron chi connectivity index (χ0n) is 18.4. The van der Waals surface area contributed by atoms with Crippen LogP contribution in [0.4, 0.5) is 22.0 Å². The molecule has 0 aliphatic rings. The summed E-state index contributed by atoms with van der Waals surface area (Å²) in [5.74, 6) is -6.56. The molecule has 0 heterocycles. The van der Waals surface area contributed by atoms with Crippen molar-refractivity contribution in [1.82, 2.24) is 0 Å². The quantitative estimate of drug-likeness (QED) is 0.236. The Labute approximate surface area is 187 Å². The van der Waals surface area contributed by atoms with E-state index in [9.17, 15) is 31.5 Å². The lowest BCUT2D eigenvalue weighted by molar-refractivity contribution is -0.294. The SMILES string of the molecule is CCC(C)(C)CCC(=O)Oc1cccc2c(OCC(=O)OCC(F)(F)C(F)(F)F)cccc12. The van der Waals surface area contributed by atoms with E-state index in [1.807, 2.05) is 6.92 Å². The van der Waals surface area contributed by atoms with Gasteiger partial charge in [-0.05, 0) is 24.0 Å². The molecule has 0 saturated heterocycles. The first kappa shape index (κ1) is 26.3. The van der Waals surface area contributed by atoms with Gasteiger partial charge in [0.25, 0.3) is 0 Å². The summed E-state index contributed by atoms with van der Waals surface area (Å²) in [6, 6.07) is 9.47. The van der Waals surface area contributed by atoms with E-state index in [0.717, 1.165) is 6.42 Å². The number of hydrogen-bond donors (Lipinski definition) is 0. The van der Waals surface area contributed by atoms with Gasteiger partial charge in [-0.1, -0.05) is 51.5 Å². The monoisotopic (exact) mass is 476 g/mol. The Kier molecular flexibility index (Phi) is 8.26. The second-order valence-electron chi connectivity index (χ2n) is 8.25. The van der Waals surface area contributed by atoms with Crippen LogP contribution >= 0.6 is 0 Å². The fourth-order valence-corrected chi connectivity index (χ4v) is 2.69. The first-order valence-corrected chi connectivity index (χ1v) is 10.2. The summed E-state index contributed by atoms with van der Waals surface area (Å²) in [4.78, 5) is 23.9. The molecule has 182 valence electrons. The number of esters is 2. The van der Waals surface area contributed by atoms with Gasteiger partial charge in [0.15, 0.2) is 13.2 Å². The molecule has 2 aromatic carbocycles. The van der Waals surface area contributed by atoms with Crippen LogP contribution in [0.25, 0.3) is 10.8 Å². The van der Waals surface area contributed by atoms with Crippen molar-refractivity contribution in [3.63, 3.8) is 0 Å². The molecule has 0 unspecified atom stereocenters. The number of halogens is 5. The fourth-order valence-electron chi connectivity index (χ4n) is 2.69. The lowest BCUT2D eigenvalue weighted by Gasteiger charge is -2.21. The Morgan fingerprint density at radius 3 is 2.03 bits per heavy atom. The second-order valence-corrected chi connectivity index (χ2v) is 8.25. The molecule has 0 radical (unpaired) electrons. The molecule has 0 aliphatic carbocycles. The van der Waals surface area contributed by atoms with Gasteiger partial charge in [0.1, 0.15) is 11.5 Å². The number of carbonyl (C=O) groups is 2. The van der Waals surface area contributed by atoms with E-state index < -0.39 is 37.3 Å². The van der Waals surface area contributed by atoms with Crippen molar-refractivity contribution in [1.29, 1.82) is 0 Å². The van der Waals surface area contributed by atoms with Gasteiger partial charge < -0.3 is 14.2 Å². The Balaban J connectivity index is 2.05. The molecular formula is C23H25F5O5. The van der Waals surface area contributed by atoms with Crippen molar-refractivity contribution in [2.24, 2.45) is 5.41 Å². The third kappa shape index (κ3) is 7.30. The second kappa shape index (κ2) is 10.4. The maximum atomic E-state index is 12.9. The number of fused-ring (bicyclic) bond motifs is 1. The predicted octanol–water partition coefficient (Wildman–Crippen LogP) is 6.08. The maximum Gasteiger partial charge on any atom is 0.456 e. The number of rotatable bonds is 10. The number of ether oxygens (including phenoxy) is 3. The van der Waals surface area contributed by atoms with Crippen molar-refractivity contribution in [3.8, 4) is 11.5 Å². The number of alkyl halides is 5. The van der Waals surface area contributed by atoms with Gasteiger partial charge in [-0.3, -0.25) is 4.79 Å². The van der Waals surface area contributed by atoms with Crippen molar-refractivity contribution in [3.05, 3.63) is 36.4 Å². The molecule has 0 saturated carbocycles. The summed E-state index contributed by atoms with van der Waals surface area (Å²) in [5.41, 5.74) is -0.00252. The summed E-state index contributed by atoms with van der Waals surface area (Å²) in [7, 11) is 0. The first-order chi connectivity index (χ1) is 15.3. The summed E-state index contributed by atoms with van der Waals surface area (Å²) in [5, 5.41) is 0.945. The van der Waals surface area contributed by atoms with E-state index in [1.165, 1.54) is 6.07 Å². The van der Waals surface area contributed by atoms with Crippen LogP contribution < -0.4 is 9.47 Å². The van der Waals surface area contributed by atoms with Gasteiger partial charge in [-0.25, -0.2) is 4.79 Å². The van der Waals surface area contributed by atoms with Crippen LogP contribution in [0.2, 0.25) is 0 Å². The van der Waals surface area contributed by atoms with Crippen molar-refractivity contribution in [2.75, 3.05) is 13.2 Å². The third-order valence-electron chi connectivity index (χ3n) is 5.20. The summed E-state index contributed by atoms with van der Waals surface area (Å²) < 4.78 is 76.9. The predicted molar refractivity (Wildman–Crippen MR) is 110 cm³/mol. The van der Waals surface area contributed by atoms with Crippen LogP contribution in [-0.2, 0) is 14.3 Å². The topological polar surface area (TPSA) is 61.8 Å². The number of benzene rings is 2. The van der Waals surface area contributed by atoms with Crippen LogP contribution in [0.3, 0.4) is 0 Å². The standard InChI is InChI=1S/C23H25F5O5/c1-4-21(2,3)12-11-19(29)33-18-10-6-7-15-16(18)8-5-9-17(15)31-13-20(30)32-14-22(24,25)23(26,27)28/h5-10H,4,11-14H2,1-3H3. The molecule has 0 amide bonds. The molecule has 0 aromatic heterocycles. The summed E-state index contributed by atoms with van der Waals surface area (Å²) in [6.45, 7) is 3.12. The van der Waals surface area contributed by atoms with Crippen molar-refractivity contribution in [2.45, 2.75) is 52.1 Å². The average molecular weight is 476 g/mol. The fraction of sp³-hybridized carbons (Fsp3) is 0.478. The molecule has 0 fully saturated rings. The lowest BCUT2D eigenvalue weighted by Crippen LogP contribution is -2.41. The number of carbonyl (C=O) groups excluding carboxylic acids is 2. The van der Waals surface area contributed by atoms with Crippen LogP contribution in [-0.4, -0.2) is 37.3 Å². The van der Waals surface area contributed by atoms with E-state index in [-0.39, 0.29) is 23.3 Å². The highest BCUT2D eigenvalue weighted by molar-refractivity contribution is 5.94. The minimum Gasteiger partial charge on any atom is -0.481 e. The zero-order chi connectivity index (χ0) is 24.9. The zero-order valence-corrected chi connectivity index (χ0v) is 18.4. The minimum absolute atomic E-state index is 0.00252. The average Bonchev–Trinajstić information content (AvgIpc) is 2.74. The highest BCUT2D eigenvalue weighted by Gasteiger charge is 2.58.